The van der Waals surface area contributed by atoms with Gasteiger partial charge in [-0.2, -0.15) is 0 Å². The molecule has 168 valence electrons. The van der Waals surface area contributed by atoms with E-state index < -0.39 is 0 Å². The lowest BCUT2D eigenvalue weighted by molar-refractivity contribution is 0.0927. The van der Waals surface area contributed by atoms with Crippen LogP contribution in [0.3, 0.4) is 0 Å². The largest absolute Gasteiger partial charge is 0.455 e. The first kappa shape index (κ1) is 22.6. The number of carbonyl (C=O) groups excluding carboxylic acids is 1. The Morgan fingerprint density at radius 3 is 2.45 bits per heavy atom. The van der Waals surface area contributed by atoms with Gasteiger partial charge in [-0.15, -0.1) is 0 Å². The van der Waals surface area contributed by atoms with E-state index >= 15 is 0 Å². The van der Waals surface area contributed by atoms with Crippen molar-refractivity contribution in [2.75, 3.05) is 18.5 Å². The van der Waals surface area contributed by atoms with E-state index in [0.717, 1.165) is 23.6 Å². The summed E-state index contributed by atoms with van der Waals surface area (Å²) in [5.74, 6) is 2.18. The van der Waals surface area contributed by atoms with Crippen LogP contribution in [-0.4, -0.2) is 29.5 Å². The van der Waals surface area contributed by atoms with Crippen LogP contribution in [-0.2, 0) is 12.3 Å². The van der Waals surface area contributed by atoms with Crippen molar-refractivity contribution in [3.63, 3.8) is 0 Å². The number of hydrogen-bond acceptors (Lipinski definition) is 6. The Bertz CT molecular complexity index is 1200. The summed E-state index contributed by atoms with van der Waals surface area (Å²) in [7, 11) is 2.03. The van der Waals surface area contributed by atoms with Crippen molar-refractivity contribution in [1.29, 1.82) is 0 Å². The zero-order chi connectivity index (χ0) is 23.0. The molecule has 1 N–H and O–H groups in total. The molecule has 6 nitrogen and oxygen atoms in total. The Morgan fingerprint density at radius 2 is 1.73 bits per heavy atom. The molecule has 0 saturated carbocycles. The topological polar surface area (TPSA) is 71.3 Å². The van der Waals surface area contributed by atoms with Crippen LogP contribution < -0.4 is 10.2 Å². The maximum atomic E-state index is 12.0. The highest BCUT2D eigenvalue weighted by molar-refractivity contribution is 7.98. The summed E-state index contributed by atoms with van der Waals surface area (Å²) in [6, 6.07) is 25.9. The average Bonchev–Trinajstić information content (AvgIpc) is 3.33. The molecular weight excluding hydrogens is 432 g/mol. The molecule has 4 rings (SSSR count). The number of thioether (sulfide) groups is 1. The highest BCUT2D eigenvalue weighted by Gasteiger charge is 2.14. The molecule has 0 aliphatic rings. The number of amides is 1. The molecule has 33 heavy (non-hydrogen) atoms. The van der Waals surface area contributed by atoms with Gasteiger partial charge in [0.2, 0.25) is 0 Å². The predicted octanol–water partition coefficient (Wildman–Crippen LogP) is 5.42. The van der Waals surface area contributed by atoms with Crippen molar-refractivity contribution in [3.8, 4) is 11.3 Å². The Labute approximate surface area is 198 Å². The molecular formula is C26H26N4O2S. The summed E-state index contributed by atoms with van der Waals surface area (Å²) in [6.07, 6.45) is 0. The number of rotatable bonds is 9. The molecule has 0 spiro atoms. The number of benzene rings is 2. The van der Waals surface area contributed by atoms with Gasteiger partial charge < -0.3 is 14.6 Å². The molecule has 1 amide bonds. The van der Waals surface area contributed by atoms with Gasteiger partial charge in [0.1, 0.15) is 11.6 Å². The van der Waals surface area contributed by atoms with Gasteiger partial charge in [0.15, 0.2) is 10.9 Å². The van der Waals surface area contributed by atoms with Crippen LogP contribution in [0.2, 0.25) is 0 Å². The monoisotopic (exact) mass is 458 g/mol. The van der Waals surface area contributed by atoms with E-state index in [4.69, 9.17) is 14.4 Å². The molecule has 2 heterocycles. The fourth-order valence-electron chi connectivity index (χ4n) is 3.33. The van der Waals surface area contributed by atoms with Crippen LogP contribution in [0.25, 0.3) is 11.3 Å². The van der Waals surface area contributed by atoms with Gasteiger partial charge in [0.25, 0.3) is 5.91 Å². The molecule has 7 heteroatoms. The summed E-state index contributed by atoms with van der Waals surface area (Å²) >= 11 is 1.48. The number of aromatic nitrogens is 2. The van der Waals surface area contributed by atoms with Crippen molar-refractivity contribution in [1.82, 2.24) is 15.3 Å². The van der Waals surface area contributed by atoms with E-state index in [-0.39, 0.29) is 5.91 Å². The van der Waals surface area contributed by atoms with Crippen molar-refractivity contribution < 1.29 is 9.21 Å². The quantitative estimate of drug-likeness (QED) is 0.267. The molecule has 0 unspecified atom stereocenters. The molecule has 0 aliphatic heterocycles. The first-order valence-electron chi connectivity index (χ1n) is 10.8. The van der Waals surface area contributed by atoms with Gasteiger partial charge in [-0.3, -0.25) is 4.79 Å². The Balaban J connectivity index is 1.56. The summed E-state index contributed by atoms with van der Waals surface area (Å²) in [5, 5.41) is 3.40. The molecule has 0 saturated heterocycles. The lowest BCUT2D eigenvalue weighted by atomic mass is 10.1. The van der Waals surface area contributed by atoms with Gasteiger partial charge in [-0.25, -0.2) is 9.97 Å². The van der Waals surface area contributed by atoms with Crippen LogP contribution in [0, 0.1) is 0 Å². The Kier molecular flexibility index (Phi) is 7.42. The number of hydrogen-bond donors (Lipinski definition) is 1. The molecule has 2 aromatic heterocycles. The van der Waals surface area contributed by atoms with Gasteiger partial charge in [0.05, 0.1) is 11.4 Å². The third-order valence-corrected chi connectivity index (χ3v) is 5.85. The molecule has 0 atom stereocenters. The zero-order valence-corrected chi connectivity index (χ0v) is 19.5. The van der Waals surface area contributed by atoms with E-state index in [2.05, 4.69) is 22.3 Å². The van der Waals surface area contributed by atoms with E-state index in [0.29, 0.717) is 29.0 Å². The molecule has 0 bridgehead atoms. The highest BCUT2D eigenvalue weighted by Crippen LogP contribution is 2.28. The minimum absolute atomic E-state index is 0.208. The standard InChI is InChI=1S/C26H26N4O2S/c1-3-27-25(31)23-15-14-21(32-23)18-33-26-28-22(20-12-8-5-9-13-20)16-24(29-26)30(2)17-19-10-6-4-7-11-19/h4-16H,3,17-18H2,1-2H3,(H,27,31). The Hall–Kier alpha value is -3.58. The second-order valence-corrected chi connectivity index (χ2v) is 8.46. The molecule has 0 aliphatic carbocycles. The van der Waals surface area contributed by atoms with E-state index in [1.165, 1.54) is 17.3 Å². The number of carbonyl (C=O) groups is 1. The van der Waals surface area contributed by atoms with E-state index in [1.807, 2.05) is 74.6 Å². The van der Waals surface area contributed by atoms with Crippen molar-refractivity contribution in [2.45, 2.75) is 24.4 Å². The van der Waals surface area contributed by atoms with Crippen molar-refractivity contribution in [3.05, 3.63) is 95.9 Å². The van der Waals surface area contributed by atoms with Crippen LogP contribution in [0.1, 0.15) is 28.8 Å². The normalized spacial score (nSPS) is 10.7. The third-order valence-electron chi connectivity index (χ3n) is 4.98. The van der Waals surface area contributed by atoms with Gasteiger partial charge in [-0.05, 0) is 24.6 Å². The van der Waals surface area contributed by atoms with Crippen molar-refractivity contribution >= 4 is 23.5 Å². The number of nitrogens with zero attached hydrogens (tertiary/aromatic N) is 3. The number of nitrogens with one attached hydrogen (secondary N) is 1. The molecule has 0 fully saturated rings. The molecule has 2 aromatic carbocycles. The van der Waals surface area contributed by atoms with Crippen molar-refractivity contribution in [2.24, 2.45) is 0 Å². The zero-order valence-electron chi connectivity index (χ0n) is 18.7. The minimum Gasteiger partial charge on any atom is -0.455 e. The second kappa shape index (κ2) is 10.8. The maximum Gasteiger partial charge on any atom is 0.286 e. The van der Waals surface area contributed by atoms with Crippen LogP contribution in [0.5, 0.6) is 0 Å². The van der Waals surface area contributed by atoms with Gasteiger partial charge >= 0.3 is 0 Å². The fraction of sp³-hybridized carbons (Fsp3) is 0.192. The fourth-order valence-corrected chi connectivity index (χ4v) is 4.08. The minimum atomic E-state index is -0.208. The summed E-state index contributed by atoms with van der Waals surface area (Å²) in [4.78, 5) is 23.7. The van der Waals surface area contributed by atoms with Gasteiger partial charge in [-0.1, -0.05) is 72.4 Å². The summed E-state index contributed by atoms with van der Waals surface area (Å²) in [5.41, 5.74) is 3.11. The Morgan fingerprint density at radius 1 is 1.00 bits per heavy atom. The average molecular weight is 459 g/mol. The lowest BCUT2D eigenvalue weighted by Crippen LogP contribution is -2.21. The van der Waals surface area contributed by atoms with E-state index in [1.54, 1.807) is 6.07 Å². The summed E-state index contributed by atoms with van der Waals surface area (Å²) < 4.78 is 5.69. The number of furan rings is 1. The van der Waals surface area contributed by atoms with Crippen LogP contribution in [0.4, 0.5) is 5.82 Å². The van der Waals surface area contributed by atoms with Gasteiger partial charge in [0, 0.05) is 31.8 Å². The lowest BCUT2D eigenvalue weighted by Gasteiger charge is -2.19. The first-order chi connectivity index (χ1) is 16.1. The van der Waals surface area contributed by atoms with Crippen LogP contribution in [0.15, 0.2) is 88.4 Å². The first-order valence-corrected chi connectivity index (χ1v) is 11.8. The second-order valence-electron chi connectivity index (χ2n) is 7.52. The smallest absolute Gasteiger partial charge is 0.286 e. The van der Waals surface area contributed by atoms with E-state index in [9.17, 15) is 4.79 Å². The SMILES string of the molecule is CCNC(=O)c1ccc(CSc2nc(-c3ccccc3)cc(N(C)Cc3ccccc3)n2)o1. The predicted molar refractivity (Wildman–Crippen MR) is 132 cm³/mol. The maximum absolute atomic E-state index is 12.0. The third kappa shape index (κ3) is 6.02. The van der Waals surface area contributed by atoms with Crippen LogP contribution >= 0.6 is 11.8 Å². The summed E-state index contributed by atoms with van der Waals surface area (Å²) in [6.45, 7) is 3.17. The number of anilines is 1. The molecule has 0 radical (unpaired) electrons. The highest BCUT2D eigenvalue weighted by atomic mass is 32.2. The molecule has 4 aromatic rings.